The van der Waals surface area contributed by atoms with E-state index in [4.69, 9.17) is 11.6 Å². The standard InChI is InChI=1S/C17H17ClN2O3/c1-11-8-13(18)6-7-15(11)19-10-16(21)20-14-5-3-4-12(9-14)17(22)23-2/h3-9,19H,10H2,1-2H3,(H,20,21). The van der Waals surface area contributed by atoms with Crippen LogP contribution < -0.4 is 10.6 Å². The highest BCUT2D eigenvalue weighted by Crippen LogP contribution is 2.19. The lowest BCUT2D eigenvalue weighted by Crippen LogP contribution is -2.22. The van der Waals surface area contributed by atoms with Gasteiger partial charge in [-0.05, 0) is 48.9 Å². The molecule has 6 heteroatoms. The van der Waals surface area contributed by atoms with E-state index in [0.29, 0.717) is 16.3 Å². The van der Waals surface area contributed by atoms with Crippen LogP contribution in [0.1, 0.15) is 15.9 Å². The fourth-order valence-electron chi connectivity index (χ4n) is 2.05. The summed E-state index contributed by atoms with van der Waals surface area (Å²) in [5.41, 5.74) is 2.71. The number of rotatable bonds is 5. The molecule has 0 saturated heterocycles. The second kappa shape index (κ2) is 7.65. The van der Waals surface area contributed by atoms with E-state index in [-0.39, 0.29) is 12.5 Å². The molecule has 0 aliphatic heterocycles. The van der Waals surface area contributed by atoms with Crippen LogP contribution in [0.4, 0.5) is 11.4 Å². The lowest BCUT2D eigenvalue weighted by molar-refractivity contribution is -0.114. The van der Waals surface area contributed by atoms with Crippen LogP contribution in [0, 0.1) is 6.92 Å². The molecule has 0 radical (unpaired) electrons. The van der Waals surface area contributed by atoms with Crippen LogP contribution in [-0.2, 0) is 9.53 Å². The number of anilines is 2. The van der Waals surface area contributed by atoms with Crippen molar-refractivity contribution in [1.29, 1.82) is 0 Å². The Labute approximate surface area is 139 Å². The first-order valence-corrected chi connectivity index (χ1v) is 7.35. The van der Waals surface area contributed by atoms with Gasteiger partial charge in [0.15, 0.2) is 0 Å². The van der Waals surface area contributed by atoms with Crippen molar-refractivity contribution in [2.24, 2.45) is 0 Å². The number of carbonyl (C=O) groups is 2. The van der Waals surface area contributed by atoms with Gasteiger partial charge in [-0.1, -0.05) is 17.7 Å². The Morgan fingerprint density at radius 2 is 1.96 bits per heavy atom. The van der Waals surface area contributed by atoms with Gasteiger partial charge in [0.1, 0.15) is 0 Å². The molecule has 2 rings (SSSR count). The average molecular weight is 333 g/mol. The number of amides is 1. The quantitative estimate of drug-likeness (QED) is 0.822. The maximum atomic E-state index is 12.0. The predicted molar refractivity (Wildman–Crippen MR) is 91.1 cm³/mol. The predicted octanol–water partition coefficient (Wildman–Crippen LogP) is 3.49. The van der Waals surface area contributed by atoms with Crippen molar-refractivity contribution in [3.05, 3.63) is 58.6 Å². The van der Waals surface area contributed by atoms with Crippen LogP contribution in [0.3, 0.4) is 0 Å². The summed E-state index contributed by atoms with van der Waals surface area (Å²) in [6.45, 7) is 2.01. The van der Waals surface area contributed by atoms with Crippen molar-refractivity contribution in [2.75, 3.05) is 24.3 Å². The zero-order chi connectivity index (χ0) is 16.8. The first kappa shape index (κ1) is 16.8. The van der Waals surface area contributed by atoms with Gasteiger partial charge >= 0.3 is 5.97 Å². The highest BCUT2D eigenvalue weighted by atomic mass is 35.5. The van der Waals surface area contributed by atoms with E-state index in [1.807, 2.05) is 19.1 Å². The normalized spacial score (nSPS) is 10.0. The van der Waals surface area contributed by atoms with Crippen molar-refractivity contribution in [3.8, 4) is 0 Å². The van der Waals surface area contributed by atoms with E-state index in [2.05, 4.69) is 15.4 Å². The third-order valence-corrected chi connectivity index (χ3v) is 3.43. The number of halogens is 1. The van der Waals surface area contributed by atoms with E-state index in [9.17, 15) is 9.59 Å². The van der Waals surface area contributed by atoms with Gasteiger partial charge in [-0.25, -0.2) is 4.79 Å². The highest BCUT2D eigenvalue weighted by Gasteiger charge is 2.08. The molecule has 0 atom stereocenters. The van der Waals surface area contributed by atoms with Gasteiger partial charge < -0.3 is 15.4 Å². The Hall–Kier alpha value is -2.53. The zero-order valence-corrected chi connectivity index (χ0v) is 13.6. The number of hydrogen-bond acceptors (Lipinski definition) is 4. The molecule has 0 saturated carbocycles. The van der Waals surface area contributed by atoms with Crippen molar-refractivity contribution in [3.63, 3.8) is 0 Å². The Kier molecular flexibility index (Phi) is 5.60. The molecule has 0 aliphatic carbocycles. The van der Waals surface area contributed by atoms with Gasteiger partial charge in [-0.3, -0.25) is 4.79 Å². The van der Waals surface area contributed by atoms with Crippen LogP contribution >= 0.6 is 11.6 Å². The molecular formula is C17H17ClN2O3. The van der Waals surface area contributed by atoms with Crippen molar-refractivity contribution >= 4 is 34.9 Å². The molecule has 0 unspecified atom stereocenters. The fourth-order valence-corrected chi connectivity index (χ4v) is 2.27. The van der Waals surface area contributed by atoms with Crippen molar-refractivity contribution < 1.29 is 14.3 Å². The summed E-state index contributed by atoms with van der Waals surface area (Å²) < 4.78 is 4.65. The molecule has 0 heterocycles. The molecule has 0 fully saturated rings. The van der Waals surface area contributed by atoms with Crippen molar-refractivity contribution in [2.45, 2.75) is 6.92 Å². The lowest BCUT2D eigenvalue weighted by Gasteiger charge is -2.11. The summed E-state index contributed by atoms with van der Waals surface area (Å²) in [5.74, 6) is -0.669. The van der Waals surface area contributed by atoms with E-state index in [1.54, 1.807) is 30.3 Å². The van der Waals surface area contributed by atoms with Crippen LogP contribution in [0.2, 0.25) is 5.02 Å². The van der Waals surface area contributed by atoms with Gasteiger partial charge in [0.05, 0.1) is 19.2 Å². The molecule has 2 N–H and O–H groups in total. The number of aryl methyl sites for hydroxylation is 1. The third-order valence-electron chi connectivity index (χ3n) is 3.20. The van der Waals surface area contributed by atoms with E-state index >= 15 is 0 Å². The number of ether oxygens (including phenoxy) is 1. The molecule has 0 bridgehead atoms. The number of nitrogens with one attached hydrogen (secondary N) is 2. The van der Waals surface area contributed by atoms with Gasteiger partial charge in [-0.15, -0.1) is 0 Å². The molecule has 0 aromatic heterocycles. The SMILES string of the molecule is COC(=O)c1cccc(NC(=O)CNc2ccc(Cl)cc2C)c1. The fraction of sp³-hybridized carbons (Fsp3) is 0.176. The second-order valence-electron chi connectivity index (χ2n) is 4.93. The maximum Gasteiger partial charge on any atom is 0.337 e. The summed E-state index contributed by atoms with van der Waals surface area (Å²) in [7, 11) is 1.31. The molecule has 1 amide bonds. The minimum atomic E-state index is -0.448. The number of carbonyl (C=O) groups excluding carboxylic acids is 2. The van der Waals surface area contributed by atoms with Gasteiger partial charge in [0.2, 0.25) is 5.91 Å². The molecule has 2 aromatic rings. The van der Waals surface area contributed by atoms with Crippen molar-refractivity contribution in [1.82, 2.24) is 0 Å². The molecular weight excluding hydrogens is 316 g/mol. The van der Waals surface area contributed by atoms with Gasteiger partial charge in [0, 0.05) is 16.4 Å². The van der Waals surface area contributed by atoms with Crippen LogP contribution in [-0.4, -0.2) is 25.5 Å². The number of esters is 1. The molecule has 23 heavy (non-hydrogen) atoms. The highest BCUT2D eigenvalue weighted by molar-refractivity contribution is 6.30. The summed E-state index contributed by atoms with van der Waals surface area (Å²) in [5, 5.41) is 6.42. The maximum absolute atomic E-state index is 12.0. The van der Waals surface area contributed by atoms with E-state index in [1.165, 1.54) is 7.11 Å². The minimum absolute atomic E-state index is 0.102. The number of hydrogen-bond donors (Lipinski definition) is 2. The Balaban J connectivity index is 1.96. The van der Waals surface area contributed by atoms with Gasteiger partial charge in [-0.2, -0.15) is 0 Å². The first-order valence-electron chi connectivity index (χ1n) is 6.98. The molecule has 120 valence electrons. The summed E-state index contributed by atoms with van der Waals surface area (Å²) in [6.07, 6.45) is 0. The van der Waals surface area contributed by atoms with Crippen LogP contribution in [0.15, 0.2) is 42.5 Å². The van der Waals surface area contributed by atoms with Crippen LogP contribution in [0.5, 0.6) is 0 Å². The summed E-state index contributed by atoms with van der Waals surface area (Å²) in [4.78, 5) is 23.5. The third kappa shape index (κ3) is 4.72. The minimum Gasteiger partial charge on any atom is -0.465 e. The summed E-state index contributed by atoms with van der Waals surface area (Å²) in [6, 6.07) is 12.0. The Morgan fingerprint density at radius 3 is 2.65 bits per heavy atom. The average Bonchev–Trinajstić information content (AvgIpc) is 2.53. The largest absolute Gasteiger partial charge is 0.465 e. The lowest BCUT2D eigenvalue weighted by atomic mass is 10.2. The molecule has 0 aliphatic rings. The monoisotopic (exact) mass is 332 g/mol. The topological polar surface area (TPSA) is 67.4 Å². The van der Waals surface area contributed by atoms with E-state index < -0.39 is 5.97 Å². The first-order chi connectivity index (χ1) is 11.0. The summed E-state index contributed by atoms with van der Waals surface area (Å²) >= 11 is 5.89. The number of benzene rings is 2. The molecule has 0 spiro atoms. The second-order valence-corrected chi connectivity index (χ2v) is 5.37. The smallest absolute Gasteiger partial charge is 0.337 e. The van der Waals surface area contributed by atoms with Gasteiger partial charge in [0.25, 0.3) is 0 Å². The Morgan fingerprint density at radius 1 is 1.17 bits per heavy atom. The molecule has 2 aromatic carbocycles. The number of methoxy groups -OCH3 is 1. The molecule has 5 nitrogen and oxygen atoms in total. The Bertz CT molecular complexity index is 732. The van der Waals surface area contributed by atoms with Crippen LogP contribution in [0.25, 0.3) is 0 Å². The zero-order valence-electron chi connectivity index (χ0n) is 12.9. The van der Waals surface area contributed by atoms with E-state index in [0.717, 1.165) is 11.3 Å².